The molecule has 1 aromatic carbocycles. The number of rotatable bonds is 5. The number of likely N-dealkylation sites (tertiary alicyclic amines) is 1. The van der Waals surface area contributed by atoms with Gasteiger partial charge in [0.1, 0.15) is 11.8 Å². The van der Waals surface area contributed by atoms with Crippen LogP contribution in [0.5, 0.6) is 5.75 Å². The van der Waals surface area contributed by atoms with E-state index in [9.17, 15) is 9.59 Å². The third kappa shape index (κ3) is 3.70. The minimum Gasteiger partial charge on any atom is -0.495 e. The number of nitrogens with zero attached hydrogens (tertiary/aromatic N) is 1. The standard InChI is InChI=1S/C20H29N3O3/c1-13-8-9-18(26-2)16(11-13)22-19(24)17-7-4-10-23(17)20(25)15-6-3-5-14(15)12-21/h8-9,11,14-15,17H,3-7,10,12,21H2,1-2H3,(H,22,24)/t14-,15-,17?/m1/s1. The third-order valence-corrected chi connectivity index (χ3v) is 5.73. The molecule has 1 aliphatic carbocycles. The number of ether oxygens (including phenoxy) is 1. The topological polar surface area (TPSA) is 84.7 Å². The Morgan fingerprint density at radius 3 is 2.81 bits per heavy atom. The molecule has 0 radical (unpaired) electrons. The zero-order valence-electron chi connectivity index (χ0n) is 15.7. The molecule has 2 amide bonds. The molecule has 1 aliphatic heterocycles. The summed E-state index contributed by atoms with van der Waals surface area (Å²) in [5.74, 6) is 0.818. The molecule has 1 unspecified atom stereocenters. The van der Waals surface area contributed by atoms with E-state index in [-0.39, 0.29) is 23.7 Å². The van der Waals surface area contributed by atoms with Gasteiger partial charge in [0.25, 0.3) is 0 Å². The highest BCUT2D eigenvalue weighted by atomic mass is 16.5. The predicted octanol–water partition coefficient (Wildman–Crippen LogP) is 2.31. The van der Waals surface area contributed by atoms with Gasteiger partial charge in [-0.15, -0.1) is 0 Å². The second-order valence-corrected chi connectivity index (χ2v) is 7.42. The van der Waals surface area contributed by atoms with Crippen molar-refractivity contribution in [1.29, 1.82) is 0 Å². The van der Waals surface area contributed by atoms with Crippen LogP contribution in [0.3, 0.4) is 0 Å². The first kappa shape index (κ1) is 18.7. The fourth-order valence-electron chi connectivity index (χ4n) is 4.30. The van der Waals surface area contributed by atoms with E-state index in [0.717, 1.165) is 31.2 Å². The van der Waals surface area contributed by atoms with Gasteiger partial charge in [0.2, 0.25) is 11.8 Å². The SMILES string of the molecule is COc1ccc(C)cc1NC(=O)C1CCCN1C(=O)[C@@H]1CCC[C@@H]1CN. The molecular weight excluding hydrogens is 330 g/mol. The monoisotopic (exact) mass is 359 g/mol. The molecule has 0 bridgehead atoms. The Morgan fingerprint density at radius 1 is 1.27 bits per heavy atom. The number of methoxy groups -OCH3 is 1. The Bertz CT molecular complexity index is 676. The molecule has 6 nitrogen and oxygen atoms in total. The number of carbonyl (C=O) groups excluding carboxylic acids is 2. The van der Waals surface area contributed by atoms with Gasteiger partial charge in [-0.3, -0.25) is 9.59 Å². The minimum absolute atomic E-state index is 0.0260. The lowest BCUT2D eigenvalue weighted by Gasteiger charge is -2.29. The van der Waals surface area contributed by atoms with Crippen molar-refractivity contribution in [1.82, 2.24) is 4.90 Å². The van der Waals surface area contributed by atoms with E-state index < -0.39 is 6.04 Å². The van der Waals surface area contributed by atoms with Crippen molar-refractivity contribution in [2.24, 2.45) is 17.6 Å². The highest BCUT2D eigenvalue weighted by Gasteiger charge is 2.41. The number of amides is 2. The largest absolute Gasteiger partial charge is 0.495 e. The molecule has 1 heterocycles. The summed E-state index contributed by atoms with van der Waals surface area (Å²) in [6.07, 6.45) is 4.50. The Hall–Kier alpha value is -2.08. The van der Waals surface area contributed by atoms with Gasteiger partial charge in [-0.25, -0.2) is 0 Å². The highest BCUT2D eigenvalue weighted by molar-refractivity contribution is 5.98. The maximum absolute atomic E-state index is 13.0. The van der Waals surface area contributed by atoms with E-state index in [2.05, 4.69) is 5.32 Å². The predicted molar refractivity (Wildman–Crippen MR) is 101 cm³/mol. The summed E-state index contributed by atoms with van der Waals surface area (Å²) in [7, 11) is 1.58. The van der Waals surface area contributed by atoms with Crippen LogP contribution in [0.4, 0.5) is 5.69 Å². The van der Waals surface area contributed by atoms with Gasteiger partial charge in [0, 0.05) is 12.5 Å². The van der Waals surface area contributed by atoms with Crippen molar-refractivity contribution in [3.63, 3.8) is 0 Å². The quantitative estimate of drug-likeness (QED) is 0.845. The summed E-state index contributed by atoms with van der Waals surface area (Å²) in [6, 6.07) is 5.26. The van der Waals surface area contributed by atoms with Crippen LogP contribution < -0.4 is 15.8 Å². The molecule has 6 heteroatoms. The van der Waals surface area contributed by atoms with Crippen molar-refractivity contribution >= 4 is 17.5 Å². The second kappa shape index (κ2) is 8.08. The lowest BCUT2D eigenvalue weighted by atomic mass is 9.94. The van der Waals surface area contributed by atoms with Gasteiger partial charge in [0.15, 0.2) is 0 Å². The zero-order valence-corrected chi connectivity index (χ0v) is 15.7. The number of carbonyl (C=O) groups is 2. The smallest absolute Gasteiger partial charge is 0.247 e. The number of aryl methyl sites for hydroxylation is 1. The van der Waals surface area contributed by atoms with Gasteiger partial charge in [-0.1, -0.05) is 12.5 Å². The normalized spacial score (nSPS) is 25.3. The number of hydrogen-bond acceptors (Lipinski definition) is 4. The Morgan fingerprint density at radius 2 is 2.08 bits per heavy atom. The zero-order chi connectivity index (χ0) is 18.7. The summed E-state index contributed by atoms with van der Waals surface area (Å²) in [4.78, 5) is 27.7. The van der Waals surface area contributed by atoms with Gasteiger partial charge in [0.05, 0.1) is 12.8 Å². The Labute approximate surface area is 155 Å². The molecule has 3 rings (SSSR count). The first-order valence-corrected chi connectivity index (χ1v) is 9.51. The number of nitrogens with two attached hydrogens (primary N) is 1. The second-order valence-electron chi connectivity index (χ2n) is 7.42. The van der Waals surface area contributed by atoms with Crippen LogP contribution in [-0.4, -0.2) is 43.0 Å². The molecule has 3 N–H and O–H groups in total. The van der Waals surface area contributed by atoms with Crippen molar-refractivity contribution in [2.75, 3.05) is 25.5 Å². The van der Waals surface area contributed by atoms with E-state index in [0.29, 0.717) is 30.9 Å². The number of nitrogens with one attached hydrogen (secondary N) is 1. The Kier molecular flexibility index (Phi) is 5.81. The molecule has 26 heavy (non-hydrogen) atoms. The molecule has 2 fully saturated rings. The molecule has 1 saturated carbocycles. The maximum atomic E-state index is 13.0. The molecule has 2 aliphatic rings. The van der Waals surface area contributed by atoms with Crippen LogP contribution in [0, 0.1) is 18.8 Å². The van der Waals surface area contributed by atoms with Crippen LogP contribution in [0.2, 0.25) is 0 Å². The number of hydrogen-bond donors (Lipinski definition) is 2. The van der Waals surface area contributed by atoms with Crippen molar-refractivity contribution in [3.05, 3.63) is 23.8 Å². The van der Waals surface area contributed by atoms with Crippen LogP contribution in [-0.2, 0) is 9.59 Å². The number of benzene rings is 1. The van der Waals surface area contributed by atoms with E-state index in [1.807, 2.05) is 25.1 Å². The summed E-state index contributed by atoms with van der Waals surface area (Å²) >= 11 is 0. The van der Waals surface area contributed by atoms with E-state index in [4.69, 9.17) is 10.5 Å². The number of anilines is 1. The van der Waals surface area contributed by atoms with Gasteiger partial charge in [-0.2, -0.15) is 0 Å². The fraction of sp³-hybridized carbons (Fsp3) is 0.600. The first-order chi connectivity index (χ1) is 12.5. The summed E-state index contributed by atoms with van der Waals surface area (Å²) in [5.41, 5.74) is 7.53. The van der Waals surface area contributed by atoms with Crippen LogP contribution in [0.25, 0.3) is 0 Å². The van der Waals surface area contributed by atoms with Crippen LogP contribution in [0.1, 0.15) is 37.7 Å². The van der Waals surface area contributed by atoms with Gasteiger partial charge < -0.3 is 20.7 Å². The summed E-state index contributed by atoms with van der Waals surface area (Å²) < 4.78 is 5.34. The average molecular weight is 359 g/mol. The fourth-order valence-corrected chi connectivity index (χ4v) is 4.30. The van der Waals surface area contributed by atoms with E-state index in [1.54, 1.807) is 12.0 Å². The molecule has 1 saturated heterocycles. The minimum atomic E-state index is -0.410. The summed E-state index contributed by atoms with van der Waals surface area (Å²) in [6.45, 7) is 3.16. The third-order valence-electron chi connectivity index (χ3n) is 5.73. The van der Waals surface area contributed by atoms with E-state index in [1.165, 1.54) is 0 Å². The van der Waals surface area contributed by atoms with Crippen LogP contribution in [0.15, 0.2) is 18.2 Å². The average Bonchev–Trinajstić information content (AvgIpc) is 3.30. The molecular formula is C20H29N3O3. The molecule has 142 valence electrons. The maximum Gasteiger partial charge on any atom is 0.247 e. The van der Waals surface area contributed by atoms with E-state index >= 15 is 0 Å². The lowest BCUT2D eigenvalue weighted by molar-refractivity contribution is -0.141. The van der Waals surface area contributed by atoms with Crippen molar-refractivity contribution in [2.45, 2.75) is 45.1 Å². The molecule has 3 atom stereocenters. The molecule has 0 aromatic heterocycles. The van der Waals surface area contributed by atoms with Gasteiger partial charge >= 0.3 is 0 Å². The van der Waals surface area contributed by atoms with Crippen molar-refractivity contribution in [3.8, 4) is 5.75 Å². The molecule has 0 spiro atoms. The van der Waals surface area contributed by atoms with Gasteiger partial charge in [-0.05, 0) is 62.8 Å². The van der Waals surface area contributed by atoms with Crippen LogP contribution >= 0.6 is 0 Å². The molecule has 1 aromatic rings. The Balaban J connectivity index is 1.72. The highest BCUT2D eigenvalue weighted by Crippen LogP contribution is 2.35. The van der Waals surface area contributed by atoms with Crippen molar-refractivity contribution < 1.29 is 14.3 Å². The summed E-state index contributed by atoms with van der Waals surface area (Å²) in [5, 5.41) is 2.96. The first-order valence-electron chi connectivity index (χ1n) is 9.51. The lowest BCUT2D eigenvalue weighted by Crippen LogP contribution is -2.46.